The third-order valence-corrected chi connectivity index (χ3v) is 9.96. The van der Waals surface area contributed by atoms with Gasteiger partial charge in [-0.1, -0.05) is 12.8 Å². The first-order valence-corrected chi connectivity index (χ1v) is 16.4. The Kier molecular flexibility index (Phi) is 9.55. The Bertz CT molecular complexity index is 1110. The second kappa shape index (κ2) is 13.7. The Morgan fingerprint density at radius 2 is 0.976 bits per heavy atom. The second-order valence-electron chi connectivity index (χ2n) is 12.6. The average Bonchev–Trinajstić information content (AvgIpc) is 3.77. The molecule has 2 saturated heterocycles. The third kappa shape index (κ3) is 6.42. The van der Waals surface area contributed by atoms with Gasteiger partial charge in [-0.2, -0.15) is 0 Å². The van der Waals surface area contributed by atoms with Crippen molar-refractivity contribution in [3.05, 3.63) is 47.5 Å². The van der Waals surface area contributed by atoms with E-state index in [-0.39, 0.29) is 18.0 Å². The SMILES string of the molecule is COc1cc(C(=O)c2ccc(O[C@H]3CCCC[C@@H]3N3CCCC3)c(OC)c2)ccc1O[C@H]1CCCC[C@@H]1N1CCCC1. The van der Waals surface area contributed by atoms with Crippen LogP contribution in [-0.2, 0) is 0 Å². The minimum atomic E-state index is -0.0788. The van der Waals surface area contributed by atoms with Crippen LogP contribution >= 0.6 is 0 Å². The maximum atomic E-state index is 13.6. The zero-order chi connectivity index (χ0) is 28.9. The monoisotopic (exact) mass is 576 g/mol. The molecule has 2 aromatic carbocycles. The summed E-state index contributed by atoms with van der Waals surface area (Å²) in [5.41, 5.74) is 1.13. The fourth-order valence-corrected chi connectivity index (χ4v) is 7.72. The van der Waals surface area contributed by atoms with Crippen LogP contribution in [0.1, 0.15) is 93.0 Å². The number of benzene rings is 2. The van der Waals surface area contributed by atoms with E-state index in [0.29, 0.717) is 46.2 Å². The summed E-state index contributed by atoms with van der Waals surface area (Å²) in [5, 5.41) is 0. The van der Waals surface area contributed by atoms with Crippen LogP contribution < -0.4 is 18.9 Å². The number of likely N-dealkylation sites (tertiary alicyclic amines) is 2. The zero-order valence-corrected chi connectivity index (χ0v) is 25.5. The number of carbonyl (C=O) groups is 1. The fraction of sp³-hybridized carbons (Fsp3) is 0.629. The Labute approximate surface area is 251 Å². The molecular formula is C35H48N2O5. The van der Waals surface area contributed by atoms with Gasteiger partial charge in [-0.05, 0) is 127 Å². The van der Waals surface area contributed by atoms with Crippen LogP contribution in [0.25, 0.3) is 0 Å². The van der Waals surface area contributed by atoms with E-state index >= 15 is 0 Å². The summed E-state index contributed by atoms with van der Waals surface area (Å²) in [4.78, 5) is 18.8. The van der Waals surface area contributed by atoms with Gasteiger partial charge in [-0.3, -0.25) is 14.6 Å². The molecule has 2 aromatic rings. The number of nitrogens with zero attached hydrogens (tertiary/aromatic N) is 2. The molecule has 0 radical (unpaired) electrons. The van der Waals surface area contributed by atoms with Gasteiger partial charge in [0, 0.05) is 23.2 Å². The fourth-order valence-electron chi connectivity index (χ4n) is 7.72. The molecule has 6 rings (SSSR count). The lowest BCUT2D eigenvalue weighted by atomic mass is 9.91. The molecule has 0 unspecified atom stereocenters. The van der Waals surface area contributed by atoms with Crippen LogP contribution in [0.15, 0.2) is 36.4 Å². The van der Waals surface area contributed by atoms with Crippen molar-refractivity contribution < 1.29 is 23.7 Å². The van der Waals surface area contributed by atoms with Gasteiger partial charge in [0.1, 0.15) is 12.2 Å². The van der Waals surface area contributed by atoms with Crippen LogP contribution in [0.4, 0.5) is 0 Å². The van der Waals surface area contributed by atoms with Crippen LogP contribution in [-0.4, -0.2) is 80.3 Å². The highest BCUT2D eigenvalue weighted by Crippen LogP contribution is 2.37. The van der Waals surface area contributed by atoms with E-state index in [0.717, 1.165) is 12.8 Å². The van der Waals surface area contributed by atoms with Gasteiger partial charge in [-0.25, -0.2) is 0 Å². The molecule has 2 saturated carbocycles. The van der Waals surface area contributed by atoms with Crippen molar-refractivity contribution in [1.29, 1.82) is 0 Å². The molecule has 7 heteroatoms. The van der Waals surface area contributed by atoms with Crippen molar-refractivity contribution in [3.63, 3.8) is 0 Å². The van der Waals surface area contributed by atoms with Crippen LogP contribution in [0, 0.1) is 0 Å². The number of carbonyl (C=O) groups excluding carboxylic acids is 1. The number of methoxy groups -OCH3 is 2. The van der Waals surface area contributed by atoms with Gasteiger partial charge in [0.25, 0.3) is 0 Å². The number of ketones is 1. The number of hydrogen-bond acceptors (Lipinski definition) is 7. The summed E-state index contributed by atoms with van der Waals surface area (Å²) in [5.74, 6) is 2.55. The minimum absolute atomic E-state index is 0.0788. The standard InChI is InChI=1S/C35H48N2O5/c1-39-33-23-25(15-17-31(33)41-29-13-5-3-11-27(29)36-19-7-8-20-36)35(38)26-16-18-32(34(24-26)40-2)42-30-14-6-4-12-28(30)37-21-9-10-22-37/h15-18,23-24,27-30H,3-14,19-22H2,1-2H3/t27-,28-,29-,30-/m0/s1. The van der Waals surface area contributed by atoms with Gasteiger partial charge in [-0.15, -0.1) is 0 Å². The van der Waals surface area contributed by atoms with Crippen LogP contribution in [0.3, 0.4) is 0 Å². The summed E-state index contributed by atoms with van der Waals surface area (Å²) >= 11 is 0. The van der Waals surface area contributed by atoms with Gasteiger partial charge in [0.05, 0.1) is 14.2 Å². The summed E-state index contributed by atoms with van der Waals surface area (Å²) in [6, 6.07) is 12.0. The molecule has 0 amide bonds. The Balaban J connectivity index is 1.16. The molecule has 0 aromatic heterocycles. The molecule has 0 bridgehead atoms. The van der Waals surface area contributed by atoms with E-state index in [2.05, 4.69) is 9.80 Å². The van der Waals surface area contributed by atoms with Crippen molar-refractivity contribution in [1.82, 2.24) is 9.80 Å². The lowest BCUT2D eigenvalue weighted by Crippen LogP contribution is -2.46. The van der Waals surface area contributed by atoms with E-state index in [1.807, 2.05) is 36.4 Å². The normalized spacial score (nSPS) is 27.1. The topological polar surface area (TPSA) is 60.5 Å². The van der Waals surface area contributed by atoms with E-state index in [4.69, 9.17) is 18.9 Å². The lowest BCUT2D eigenvalue weighted by Gasteiger charge is -2.38. The molecule has 2 aliphatic heterocycles. The number of hydrogen-bond donors (Lipinski definition) is 0. The van der Waals surface area contributed by atoms with Crippen molar-refractivity contribution in [3.8, 4) is 23.0 Å². The van der Waals surface area contributed by atoms with Gasteiger partial charge < -0.3 is 18.9 Å². The van der Waals surface area contributed by atoms with E-state index < -0.39 is 0 Å². The number of rotatable bonds is 10. The first-order valence-electron chi connectivity index (χ1n) is 16.4. The largest absolute Gasteiger partial charge is 0.493 e. The highest BCUT2D eigenvalue weighted by atomic mass is 16.5. The first-order chi connectivity index (χ1) is 20.6. The predicted octanol–water partition coefficient (Wildman–Crippen LogP) is 6.51. The molecule has 7 nitrogen and oxygen atoms in total. The molecular weight excluding hydrogens is 528 g/mol. The zero-order valence-electron chi connectivity index (χ0n) is 25.5. The van der Waals surface area contributed by atoms with Crippen molar-refractivity contribution in [2.45, 2.75) is 101 Å². The molecule has 2 heterocycles. The lowest BCUT2D eigenvalue weighted by molar-refractivity contribution is 0.0467. The molecule has 0 N–H and O–H groups in total. The van der Waals surface area contributed by atoms with Gasteiger partial charge in [0.15, 0.2) is 28.8 Å². The van der Waals surface area contributed by atoms with E-state index in [9.17, 15) is 4.79 Å². The van der Waals surface area contributed by atoms with Crippen molar-refractivity contribution >= 4 is 5.78 Å². The Morgan fingerprint density at radius 3 is 1.38 bits per heavy atom. The summed E-state index contributed by atoms with van der Waals surface area (Å²) in [7, 11) is 3.29. The Morgan fingerprint density at radius 1 is 0.571 bits per heavy atom. The molecule has 2 aliphatic carbocycles. The molecule has 4 aliphatic rings. The summed E-state index contributed by atoms with van der Waals surface area (Å²) < 4.78 is 24.7. The van der Waals surface area contributed by atoms with Gasteiger partial charge in [0.2, 0.25) is 0 Å². The van der Waals surface area contributed by atoms with Crippen LogP contribution in [0.5, 0.6) is 23.0 Å². The smallest absolute Gasteiger partial charge is 0.193 e. The molecule has 4 fully saturated rings. The molecule has 228 valence electrons. The van der Waals surface area contributed by atoms with Crippen LogP contribution in [0.2, 0.25) is 0 Å². The van der Waals surface area contributed by atoms with E-state index in [1.54, 1.807) is 14.2 Å². The molecule has 0 spiro atoms. The highest BCUT2D eigenvalue weighted by molar-refractivity contribution is 6.09. The summed E-state index contributed by atoms with van der Waals surface area (Å²) in [6.07, 6.45) is 14.8. The first kappa shape index (κ1) is 29.3. The third-order valence-electron chi connectivity index (χ3n) is 9.96. The summed E-state index contributed by atoms with van der Waals surface area (Å²) in [6.45, 7) is 4.67. The van der Waals surface area contributed by atoms with Crippen molar-refractivity contribution in [2.24, 2.45) is 0 Å². The molecule has 4 atom stereocenters. The second-order valence-corrected chi connectivity index (χ2v) is 12.6. The van der Waals surface area contributed by atoms with E-state index in [1.165, 1.54) is 90.4 Å². The van der Waals surface area contributed by atoms with Crippen molar-refractivity contribution in [2.75, 3.05) is 40.4 Å². The van der Waals surface area contributed by atoms with Gasteiger partial charge >= 0.3 is 0 Å². The predicted molar refractivity (Wildman–Crippen MR) is 164 cm³/mol. The maximum Gasteiger partial charge on any atom is 0.193 e. The highest BCUT2D eigenvalue weighted by Gasteiger charge is 2.35. The molecule has 42 heavy (non-hydrogen) atoms. The minimum Gasteiger partial charge on any atom is -0.493 e. The maximum absolute atomic E-state index is 13.6. The Hall–Kier alpha value is -2.77. The quantitative estimate of drug-likeness (QED) is 0.299. The average molecular weight is 577 g/mol. The number of ether oxygens (including phenoxy) is 4.